The topological polar surface area (TPSA) is 23.6 Å². The van der Waals surface area contributed by atoms with E-state index in [4.69, 9.17) is 0 Å². The fraction of sp³-hybridized carbons (Fsp3) is 0.500. The van der Waals surface area contributed by atoms with Crippen molar-refractivity contribution in [3.63, 3.8) is 0 Å². The molecule has 0 radical (unpaired) electrons. The SMILES string of the molecule is CN(C)C1C[C@@H]2CC(N(C)C(=O)c3cccc4ccccc34)C[C@@H]2C1. The van der Waals surface area contributed by atoms with E-state index in [-0.39, 0.29) is 5.91 Å². The maximum absolute atomic E-state index is 13.2. The fourth-order valence-electron chi connectivity index (χ4n) is 5.06. The van der Waals surface area contributed by atoms with Crippen molar-refractivity contribution < 1.29 is 4.79 Å². The molecule has 4 atom stereocenters. The van der Waals surface area contributed by atoms with Crippen LogP contribution in [0, 0.1) is 11.8 Å². The molecule has 0 aliphatic heterocycles. The summed E-state index contributed by atoms with van der Waals surface area (Å²) >= 11 is 0. The standard InChI is InChI=1S/C22H28N2O/c1-23(2)18-11-16-13-19(14-17(16)12-18)24(3)22(25)21-10-6-8-15-7-4-5-9-20(15)21/h4-10,16-19H,11-14H2,1-3H3/t16-,17+,18?,19?. The lowest BCUT2D eigenvalue weighted by molar-refractivity contribution is 0.0728. The van der Waals surface area contributed by atoms with Crippen LogP contribution in [0.25, 0.3) is 10.8 Å². The second-order valence-corrected chi connectivity index (χ2v) is 8.18. The molecule has 2 saturated carbocycles. The van der Waals surface area contributed by atoms with E-state index in [0.29, 0.717) is 6.04 Å². The van der Waals surface area contributed by atoms with Crippen molar-refractivity contribution >= 4 is 16.7 Å². The number of hydrogen-bond acceptors (Lipinski definition) is 2. The Morgan fingerprint density at radius 3 is 2.12 bits per heavy atom. The van der Waals surface area contributed by atoms with Crippen LogP contribution in [0.5, 0.6) is 0 Å². The van der Waals surface area contributed by atoms with E-state index in [1.54, 1.807) is 0 Å². The maximum atomic E-state index is 13.2. The van der Waals surface area contributed by atoms with Crippen LogP contribution in [0.4, 0.5) is 0 Å². The lowest BCUT2D eigenvalue weighted by Gasteiger charge is -2.27. The number of nitrogens with zero attached hydrogens (tertiary/aromatic N) is 2. The van der Waals surface area contributed by atoms with Gasteiger partial charge in [0, 0.05) is 24.7 Å². The summed E-state index contributed by atoms with van der Waals surface area (Å²) in [6, 6.07) is 15.3. The average molecular weight is 336 g/mol. The van der Waals surface area contributed by atoms with Gasteiger partial charge in [-0.3, -0.25) is 4.79 Å². The smallest absolute Gasteiger partial charge is 0.254 e. The Labute approximate surface area is 150 Å². The maximum Gasteiger partial charge on any atom is 0.254 e. The normalized spacial score (nSPS) is 28.5. The molecule has 2 fully saturated rings. The Kier molecular flexibility index (Phi) is 4.28. The number of rotatable bonds is 3. The van der Waals surface area contributed by atoms with Crippen LogP contribution in [-0.4, -0.2) is 48.9 Å². The summed E-state index contributed by atoms with van der Waals surface area (Å²) in [5, 5.41) is 2.20. The van der Waals surface area contributed by atoms with Crippen LogP contribution in [0.15, 0.2) is 42.5 Å². The van der Waals surface area contributed by atoms with E-state index in [2.05, 4.69) is 37.2 Å². The summed E-state index contributed by atoms with van der Waals surface area (Å²) in [4.78, 5) is 17.5. The van der Waals surface area contributed by atoms with Crippen molar-refractivity contribution in [3.05, 3.63) is 48.0 Å². The van der Waals surface area contributed by atoms with Gasteiger partial charge in [-0.05, 0) is 68.5 Å². The van der Waals surface area contributed by atoms with Gasteiger partial charge in [0.05, 0.1) is 0 Å². The van der Waals surface area contributed by atoms with Crippen molar-refractivity contribution in [1.29, 1.82) is 0 Å². The molecule has 2 aromatic rings. The fourth-order valence-corrected chi connectivity index (χ4v) is 5.06. The Morgan fingerprint density at radius 2 is 1.44 bits per heavy atom. The van der Waals surface area contributed by atoms with E-state index in [9.17, 15) is 4.79 Å². The van der Waals surface area contributed by atoms with Crippen LogP contribution in [0.3, 0.4) is 0 Å². The molecule has 0 spiro atoms. The highest BCUT2D eigenvalue weighted by Crippen LogP contribution is 2.46. The molecule has 0 aromatic heterocycles. The minimum atomic E-state index is 0.172. The van der Waals surface area contributed by atoms with Crippen LogP contribution < -0.4 is 0 Å². The number of benzene rings is 2. The van der Waals surface area contributed by atoms with Gasteiger partial charge in [-0.1, -0.05) is 36.4 Å². The molecule has 2 aliphatic rings. The van der Waals surface area contributed by atoms with Gasteiger partial charge in [-0.15, -0.1) is 0 Å². The molecule has 0 bridgehead atoms. The third-order valence-electron chi connectivity index (χ3n) is 6.58. The summed E-state index contributed by atoms with van der Waals surface area (Å²) in [6.45, 7) is 0. The third kappa shape index (κ3) is 2.95. The highest BCUT2D eigenvalue weighted by molar-refractivity contribution is 6.07. The van der Waals surface area contributed by atoms with E-state index >= 15 is 0 Å². The third-order valence-corrected chi connectivity index (χ3v) is 6.58. The van der Waals surface area contributed by atoms with Gasteiger partial charge in [-0.25, -0.2) is 0 Å². The van der Waals surface area contributed by atoms with Crippen molar-refractivity contribution in [3.8, 4) is 0 Å². The minimum Gasteiger partial charge on any atom is -0.339 e. The van der Waals surface area contributed by atoms with Gasteiger partial charge in [0.15, 0.2) is 0 Å². The number of hydrogen-bond donors (Lipinski definition) is 0. The Bertz CT molecular complexity index is 765. The molecular formula is C22H28N2O. The van der Waals surface area contributed by atoms with Crippen LogP contribution in [-0.2, 0) is 0 Å². The predicted octanol–water partition coefficient (Wildman–Crippen LogP) is 4.03. The van der Waals surface area contributed by atoms with Gasteiger partial charge >= 0.3 is 0 Å². The Morgan fingerprint density at radius 1 is 0.840 bits per heavy atom. The highest BCUT2D eigenvalue weighted by Gasteiger charge is 2.44. The van der Waals surface area contributed by atoms with Gasteiger partial charge in [0.25, 0.3) is 5.91 Å². The predicted molar refractivity (Wildman–Crippen MR) is 103 cm³/mol. The second kappa shape index (κ2) is 6.45. The molecule has 132 valence electrons. The summed E-state index contributed by atoms with van der Waals surface area (Å²) in [5.41, 5.74) is 0.837. The van der Waals surface area contributed by atoms with Crippen molar-refractivity contribution in [2.45, 2.75) is 37.8 Å². The number of amides is 1. The summed E-state index contributed by atoms with van der Waals surface area (Å²) in [5.74, 6) is 1.76. The van der Waals surface area contributed by atoms with E-state index < -0.39 is 0 Å². The number of fused-ring (bicyclic) bond motifs is 2. The van der Waals surface area contributed by atoms with Crippen LogP contribution in [0.2, 0.25) is 0 Å². The van der Waals surface area contributed by atoms with Gasteiger partial charge < -0.3 is 9.80 Å². The molecule has 2 unspecified atom stereocenters. The zero-order valence-corrected chi connectivity index (χ0v) is 15.5. The quantitative estimate of drug-likeness (QED) is 0.845. The molecule has 0 heterocycles. The minimum absolute atomic E-state index is 0.172. The molecule has 4 rings (SSSR count). The van der Waals surface area contributed by atoms with Crippen molar-refractivity contribution in [2.75, 3.05) is 21.1 Å². The molecule has 1 amide bonds. The van der Waals surface area contributed by atoms with E-state index in [1.165, 1.54) is 25.7 Å². The number of carbonyl (C=O) groups is 1. The summed E-state index contributed by atoms with van der Waals surface area (Å²) < 4.78 is 0. The first-order valence-electron chi connectivity index (χ1n) is 9.46. The largest absolute Gasteiger partial charge is 0.339 e. The molecule has 0 saturated heterocycles. The van der Waals surface area contributed by atoms with E-state index in [0.717, 1.165) is 34.2 Å². The van der Waals surface area contributed by atoms with Gasteiger partial charge in [-0.2, -0.15) is 0 Å². The summed E-state index contributed by atoms with van der Waals surface area (Å²) in [7, 11) is 6.39. The first kappa shape index (κ1) is 16.6. The van der Waals surface area contributed by atoms with Crippen LogP contribution in [0.1, 0.15) is 36.0 Å². The first-order chi connectivity index (χ1) is 12.0. The molecule has 2 aliphatic carbocycles. The van der Waals surface area contributed by atoms with Gasteiger partial charge in [0.2, 0.25) is 0 Å². The lowest BCUT2D eigenvalue weighted by Crippen LogP contribution is -2.36. The monoisotopic (exact) mass is 336 g/mol. The number of carbonyl (C=O) groups excluding carboxylic acids is 1. The van der Waals surface area contributed by atoms with Crippen LogP contribution >= 0.6 is 0 Å². The molecule has 3 heteroatoms. The highest BCUT2D eigenvalue weighted by atomic mass is 16.2. The molecule has 2 aromatic carbocycles. The van der Waals surface area contributed by atoms with E-state index in [1.807, 2.05) is 36.2 Å². The summed E-state index contributed by atoms with van der Waals surface area (Å²) in [6.07, 6.45) is 4.93. The first-order valence-corrected chi connectivity index (χ1v) is 9.46. The second-order valence-electron chi connectivity index (χ2n) is 8.18. The molecule has 0 N–H and O–H groups in total. The average Bonchev–Trinajstić information content (AvgIpc) is 3.19. The molecular weight excluding hydrogens is 308 g/mol. The van der Waals surface area contributed by atoms with Crippen molar-refractivity contribution in [2.24, 2.45) is 11.8 Å². The zero-order valence-electron chi connectivity index (χ0n) is 15.5. The zero-order chi connectivity index (χ0) is 17.6. The Hall–Kier alpha value is -1.87. The molecule has 3 nitrogen and oxygen atoms in total. The van der Waals surface area contributed by atoms with Crippen molar-refractivity contribution in [1.82, 2.24) is 9.80 Å². The Balaban J connectivity index is 1.50. The van der Waals surface area contributed by atoms with Gasteiger partial charge in [0.1, 0.15) is 0 Å². The lowest BCUT2D eigenvalue weighted by atomic mass is 10.0. The molecule has 25 heavy (non-hydrogen) atoms.